The van der Waals surface area contributed by atoms with Crippen molar-refractivity contribution in [3.63, 3.8) is 0 Å². The second kappa shape index (κ2) is 8.19. The quantitative estimate of drug-likeness (QED) is 0.571. The van der Waals surface area contributed by atoms with Crippen molar-refractivity contribution in [3.05, 3.63) is 35.4 Å². The van der Waals surface area contributed by atoms with E-state index in [1.807, 2.05) is 18.2 Å². The Balaban J connectivity index is 2.15. The summed E-state index contributed by atoms with van der Waals surface area (Å²) in [5, 5.41) is 20.1. The minimum absolute atomic E-state index is 0.400. The standard InChI is InChI=1S/C20H19ClN2O4/c1-26-18-10-13(21)9-17-20(18)15-6-5-14(27-12-19(24)25)11-16(15)23(17)8-4-2-3-7-22/h5-6,9-11H,2-4,8,12H2,1H3,(H,24,25). The van der Waals surface area contributed by atoms with E-state index in [4.69, 9.17) is 31.4 Å². The first kappa shape index (κ1) is 18.9. The fourth-order valence-corrected chi connectivity index (χ4v) is 3.44. The van der Waals surface area contributed by atoms with E-state index < -0.39 is 12.6 Å². The smallest absolute Gasteiger partial charge is 0.341 e. The second-order valence-electron chi connectivity index (χ2n) is 6.13. The van der Waals surface area contributed by atoms with Crippen molar-refractivity contribution in [1.29, 1.82) is 5.26 Å². The van der Waals surface area contributed by atoms with Crippen molar-refractivity contribution in [2.24, 2.45) is 0 Å². The van der Waals surface area contributed by atoms with Crippen molar-refractivity contribution in [3.8, 4) is 17.6 Å². The Labute approximate surface area is 161 Å². The molecule has 1 N–H and O–H groups in total. The highest BCUT2D eigenvalue weighted by Crippen LogP contribution is 2.39. The lowest BCUT2D eigenvalue weighted by molar-refractivity contribution is -0.139. The molecule has 1 aromatic heterocycles. The molecule has 3 aromatic rings. The number of nitrogens with zero attached hydrogens (tertiary/aromatic N) is 2. The van der Waals surface area contributed by atoms with Crippen LogP contribution in [0.15, 0.2) is 30.3 Å². The molecule has 0 spiro atoms. The third-order valence-electron chi connectivity index (χ3n) is 4.37. The predicted octanol–water partition coefficient (Wildman–Crippen LogP) is 4.61. The molecule has 0 fully saturated rings. The number of methoxy groups -OCH3 is 1. The Morgan fingerprint density at radius 2 is 2.07 bits per heavy atom. The Hall–Kier alpha value is -2.91. The summed E-state index contributed by atoms with van der Waals surface area (Å²) in [6, 6.07) is 11.3. The van der Waals surface area contributed by atoms with Crippen molar-refractivity contribution in [2.45, 2.75) is 25.8 Å². The number of rotatable bonds is 8. The third kappa shape index (κ3) is 3.93. The van der Waals surface area contributed by atoms with Crippen LogP contribution in [0, 0.1) is 11.3 Å². The monoisotopic (exact) mass is 386 g/mol. The van der Waals surface area contributed by atoms with Crippen molar-refractivity contribution in [2.75, 3.05) is 13.7 Å². The van der Waals surface area contributed by atoms with Crippen LogP contribution in [0.4, 0.5) is 0 Å². The molecular weight excluding hydrogens is 368 g/mol. The summed E-state index contributed by atoms with van der Waals surface area (Å²) in [6.45, 7) is 0.302. The number of hydrogen-bond donors (Lipinski definition) is 1. The van der Waals surface area contributed by atoms with Crippen molar-refractivity contribution >= 4 is 39.4 Å². The molecular formula is C20H19ClN2O4. The van der Waals surface area contributed by atoms with Gasteiger partial charge in [-0.3, -0.25) is 0 Å². The Morgan fingerprint density at radius 1 is 1.26 bits per heavy atom. The van der Waals surface area contributed by atoms with E-state index in [0.29, 0.717) is 29.5 Å². The van der Waals surface area contributed by atoms with E-state index in [2.05, 4.69) is 10.6 Å². The van der Waals surface area contributed by atoms with Gasteiger partial charge in [-0.2, -0.15) is 5.26 Å². The molecule has 0 amide bonds. The van der Waals surface area contributed by atoms with Crippen LogP contribution in [-0.4, -0.2) is 29.4 Å². The Bertz CT molecular complexity index is 1040. The van der Waals surface area contributed by atoms with E-state index in [1.54, 1.807) is 19.2 Å². The van der Waals surface area contributed by atoms with Crippen LogP contribution in [-0.2, 0) is 11.3 Å². The number of halogens is 1. The van der Waals surface area contributed by atoms with E-state index in [-0.39, 0.29) is 0 Å². The SMILES string of the molecule is COc1cc(Cl)cc2c1c1ccc(OCC(=O)O)cc1n2CCCCC#N. The molecule has 0 unspecified atom stereocenters. The fourth-order valence-electron chi connectivity index (χ4n) is 3.24. The topological polar surface area (TPSA) is 84.5 Å². The van der Waals surface area contributed by atoms with Crippen LogP contribution >= 0.6 is 11.6 Å². The van der Waals surface area contributed by atoms with Gasteiger partial charge in [0.1, 0.15) is 11.5 Å². The van der Waals surface area contributed by atoms with Crippen LogP contribution in [0.1, 0.15) is 19.3 Å². The molecule has 0 atom stereocenters. The van der Waals surface area contributed by atoms with Gasteiger partial charge in [0, 0.05) is 34.8 Å². The van der Waals surface area contributed by atoms with Crippen LogP contribution in [0.2, 0.25) is 5.02 Å². The molecule has 1 heterocycles. The van der Waals surface area contributed by atoms with Crippen LogP contribution in [0.3, 0.4) is 0 Å². The first-order chi connectivity index (χ1) is 13.0. The predicted molar refractivity (Wildman–Crippen MR) is 104 cm³/mol. The van der Waals surface area contributed by atoms with Crippen LogP contribution in [0.25, 0.3) is 21.8 Å². The minimum atomic E-state index is -1.03. The molecule has 140 valence electrons. The summed E-state index contributed by atoms with van der Waals surface area (Å²) in [5.74, 6) is 0.133. The summed E-state index contributed by atoms with van der Waals surface area (Å²) in [6.07, 6.45) is 2.14. The van der Waals surface area contributed by atoms with Gasteiger partial charge in [-0.05, 0) is 37.1 Å². The number of fused-ring (bicyclic) bond motifs is 3. The highest BCUT2D eigenvalue weighted by Gasteiger charge is 2.16. The molecule has 0 saturated carbocycles. The fraction of sp³-hybridized carbons (Fsp3) is 0.300. The number of unbranched alkanes of at least 4 members (excludes halogenated alkanes) is 2. The van der Waals surface area contributed by atoms with Gasteiger partial charge in [-0.1, -0.05) is 11.6 Å². The number of aryl methyl sites for hydroxylation is 1. The van der Waals surface area contributed by atoms with Gasteiger partial charge in [0.05, 0.1) is 24.2 Å². The number of aromatic nitrogens is 1. The lowest BCUT2D eigenvalue weighted by Crippen LogP contribution is -2.09. The molecule has 2 aromatic carbocycles. The molecule has 0 saturated heterocycles. The summed E-state index contributed by atoms with van der Waals surface area (Å²) >= 11 is 6.28. The number of carboxylic acids is 1. The number of nitriles is 1. The highest BCUT2D eigenvalue weighted by molar-refractivity contribution is 6.32. The van der Waals surface area contributed by atoms with Crippen LogP contribution < -0.4 is 9.47 Å². The van der Waals surface area contributed by atoms with E-state index in [0.717, 1.165) is 34.6 Å². The number of benzene rings is 2. The maximum absolute atomic E-state index is 10.8. The van der Waals surface area contributed by atoms with E-state index >= 15 is 0 Å². The zero-order chi connectivity index (χ0) is 19.4. The summed E-state index contributed by atoms with van der Waals surface area (Å²) in [7, 11) is 1.60. The lowest BCUT2D eigenvalue weighted by Gasteiger charge is -2.09. The minimum Gasteiger partial charge on any atom is -0.496 e. The normalized spacial score (nSPS) is 10.9. The lowest BCUT2D eigenvalue weighted by atomic mass is 10.1. The Morgan fingerprint density at radius 3 is 2.78 bits per heavy atom. The summed E-state index contributed by atoms with van der Waals surface area (Å²) in [5.41, 5.74) is 1.84. The van der Waals surface area contributed by atoms with Crippen molar-refractivity contribution < 1.29 is 19.4 Å². The summed E-state index contributed by atoms with van der Waals surface area (Å²) < 4.78 is 13.0. The van der Waals surface area contributed by atoms with Crippen LogP contribution in [0.5, 0.6) is 11.5 Å². The van der Waals surface area contributed by atoms with Gasteiger partial charge in [-0.15, -0.1) is 0 Å². The van der Waals surface area contributed by atoms with Gasteiger partial charge in [0.2, 0.25) is 0 Å². The van der Waals surface area contributed by atoms with Crippen molar-refractivity contribution in [1.82, 2.24) is 4.57 Å². The average molecular weight is 387 g/mol. The van der Waals surface area contributed by atoms with E-state index in [9.17, 15) is 4.79 Å². The highest BCUT2D eigenvalue weighted by atomic mass is 35.5. The first-order valence-corrected chi connectivity index (χ1v) is 8.94. The number of carboxylic acid groups (broad SMARTS) is 1. The molecule has 6 nitrogen and oxygen atoms in total. The number of ether oxygens (including phenoxy) is 2. The van der Waals surface area contributed by atoms with Gasteiger partial charge in [-0.25, -0.2) is 4.79 Å². The van der Waals surface area contributed by atoms with Gasteiger partial charge >= 0.3 is 5.97 Å². The molecule has 0 aliphatic heterocycles. The van der Waals surface area contributed by atoms with Gasteiger partial charge in [0.15, 0.2) is 6.61 Å². The average Bonchev–Trinajstić information content (AvgIpc) is 2.95. The molecule has 0 aliphatic rings. The molecule has 0 aliphatic carbocycles. The van der Waals surface area contributed by atoms with E-state index in [1.165, 1.54) is 0 Å². The third-order valence-corrected chi connectivity index (χ3v) is 4.59. The molecule has 7 heteroatoms. The zero-order valence-electron chi connectivity index (χ0n) is 14.9. The maximum Gasteiger partial charge on any atom is 0.341 e. The zero-order valence-corrected chi connectivity index (χ0v) is 15.6. The molecule has 3 rings (SSSR count). The number of hydrogen-bond acceptors (Lipinski definition) is 4. The maximum atomic E-state index is 10.8. The number of aliphatic carboxylic acids is 1. The summed E-state index contributed by atoms with van der Waals surface area (Å²) in [4.78, 5) is 10.8. The van der Waals surface area contributed by atoms with Gasteiger partial charge < -0.3 is 19.1 Å². The number of carbonyl (C=O) groups is 1. The largest absolute Gasteiger partial charge is 0.496 e. The molecule has 27 heavy (non-hydrogen) atoms. The molecule has 0 radical (unpaired) electrons. The Kier molecular flexibility index (Phi) is 5.72. The van der Waals surface area contributed by atoms with Gasteiger partial charge in [0.25, 0.3) is 0 Å². The molecule has 0 bridgehead atoms. The first-order valence-electron chi connectivity index (χ1n) is 8.56. The second-order valence-corrected chi connectivity index (χ2v) is 6.57.